The fourth-order valence-corrected chi connectivity index (χ4v) is 3.20. The molecule has 5 heteroatoms. The highest BCUT2D eigenvalue weighted by Gasteiger charge is 2.21. The smallest absolute Gasteiger partial charge is 0.319 e. The molecule has 0 radical (unpaired) electrons. The standard InChI is InChI=1S/C17H32F2O2S/c1-4-6-11-15(16(20)21-13-7-5-2)22-14-10-8-9-12-17(3,18)19/h15H,4-14H2,1-3H3. The zero-order valence-corrected chi connectivity index (χ0v) is 15.2. The molecule has 0 aromatic heterocycles. The third-order valence-corrected chi connectivity index (χ3v) is 4.76. The largest absolute Gasteiger partial charge is 0.465 e. The van der Waals surface area contributed by atoms with E-state index in [1.54, 1.807) is 11.8 Å². The number of alkyl halides is 2. The van der Waals surface area contributed by atoms with E-state index in [-0.39, 0.29) is 17.6 Å². The van der Waals surface area contributed by atoms with E-state index >= 15 is 0 Å². The van der Waals surface area contributed by atoms with Crippen LogP contribution in [0, 0.1) is 0 Å². The van der Waals surface area contributed by atoms with E-state index in [2.05, 4.69) is 13.8 Å². The minimum atomic E-state index is -2.56. The third-order valence-electron chi connectivity index (χ3n) is 3.40. The Balaban J connectivity index is 3.90. The number of hydrogen-bond acceptors (Lipinski definition) is 3. The zero-order valence-electron chi connectivity index (χ0n) is 14.3. The Bertz CT molecular complexity index is 280. The van der Waals surface area contributed by atoms with Gasteiger partial charge in [-0.05, 0) is 38.4 Å². The molecule has 0 aliphatic carbocycles. The molecule has 0 saturated heterocycles. The van der Waals surface area contributed by atoms with Crippen LogP contribution >= 0.6 is 11.8 Å². The number of carbonyl (C=O) groups is 1. The predicted molar refractivity (Wildman–Crippen MR) is 90.7 cm³/mol. The number of ether oxygens (including phenoxy) is 1. The molecule has 0 N–H and O–H groups in total. The average Bonchev–Trinajstić information content (AvgIpc) is 2.44. The molecule has 0 fully saturated rings. The van der Waals surface area contributed by atoms with Crippen LogP contribution < -0.4 is 0 Å². The van der Waals surface area contributed by atoms with E-state index in [4.69, 9.17) is 4.74 Å². The van der Waals surface area contributed by atoms with Crippen molar-refractivity contribution in [1.29, 1.82) is 0 Å². The lowest BCUT2D eigenvalue weighted by Crippen LogP contribution is -2.21. The Morgan fingerprint density at radius 2 is 1.77 bits per heavy atom. The highest BCUT2D eigenvalue weighted by Crippen LogP contribution is 2.23. The Hall–Kier alpha value is -0.320. The van der Waals surface area contributed by atoms with Gasteiger partial charge < -0.3 is 4.74 Å². The first-order valence-corrected chi connectivity index (χ1v) is 9.61. The summed E-state index contributed by atoms with van der Waals surface area (Å²) in [5.41, 5.74) is 0. The topological polar surface area (TPSA) is 26.3 Å². The van der Waals surface area contributed by atoms with E-state index < -0.39 is 5.92 Å². The van der Waals surface area contributed by atoms with E-state index in [1.165, 1.54) is 0 Å². The van der Waals surface area contributed by atoms with Gasteiger partial charge in [0.15, 0.2) is 0 Å². The molecule has 2 nitrogen and oxygen atoms in total. The Morgan fingerprint density at radius 1 is 1.09 bits per heavy atom. The van der Waals surface area contributed by atoms with Crippen LogP contribution in [0.2, 0.25) is 0 Å². The monoisotopic (exact) mass is 338 g/mol. The molecule has 0 aliphatic heterocycles. The number of unbranched alkanes of at least 4 members (excludes halogenated alkanes) is 4. The van der Waals surface area contributed by atoms with Gasteiger partial charge >= 0.3 is 5.97 Å². The summed E-state index contributed by atoms with van der Waals surface area (Å²) in [6.07, 6.45) is 7.02. The zero-order chi connectivity index (χ0) is 16.8. The van der Waals surface area contributed by atoms with Gasteiger partial charge in [0.05, 0.1) is 6.61 Å². The molecule has 1 atom stereocenters. The normalized spacial score (nSPS) is 13.1. The van der Waals surface area contributed by atoms with E-state index in [0.29, 0.717) is 13.0 Å². The van der Waals surface area contributed by atoms with Crippen LogP contribution in [0.4, 0.5) is 8.78 Å². The number of halogens is 2. The second kappa shape index (κ2) is 13.1. The summed E-state index contributed by atoms with van der Waals surface area (Å²) in [6.45, 7) is 5.64. The van der Waals surface area contributed by atoms with Gasteiger partial charge in [-0.15, -0.1) is 11.8 Å². The molecule has 0 heterocycles. The van der Waals surface area contributed by atoms with E-state index in [1.807, 2.05) is 0 Å². The summed E-state index contributed by atoms with van der Waals surface area (Å²) in [6, 6.07) is 0. The lowest BCUT2D eigenvalue weighted by atomic mass is 10.1. The molecule has 0 saturated carbocycles. The van der Waals surface area contributed by atoms with Crippen LogP contribution in [0.3, 0.4) is 0 Å². The van der Waals surface area contributed by atoms with Gasteiger partial charge in [0.2, 0.25) is 5.92 Å². The highest BCUT2D eigenvalue weighted by molar-refractivity contribution is 8.00. The fraction of sp³-hybridized carbons (Fsp3) is 0.941. The minimum Gasteiger partial charge on any atom is -0.465 e. The molecular formula is C17H32F2O2S. The molecule has 0 spiro atoms. The van der Waals surface area contributed by atoms with Crippen LogP contribution in [0.5, 0.6) is 0 Å². The molecule has 0 rings (SSSR count). The van der Waals surface area contributed by atoms with Crippen molar-refractivity contribution in [2.45, 2.75) is 89.7 Å². The van der Waals surface area contributed by atoms with Crippen molar-refractivity contribution < 1.29 is 18.3 Å². The summed E-state index contributed by atoms with van der Waals surface area (Å²) in [5.74, 6) is -1.82. The molecular weight excluding hydrogens is 306 g/mol. The van der Waals surface area contributed by atoms with Gasteiger partial charge in [0.25, 0.3) is 0 Å². The van der Waals surface area contributed by atoms with Gasteiger partial charge in [-0.25, -0.2) is 8.78 Å². The first kappa shape index (κ1) is 21.7. The second-order valence-electron chi connectivity index (χ2n) is 5.90. The van der Waals surface area contributed by atoms with Crippen molar-refractivity contribution in [3.63, 3.8) is 0 Å². The summed E-state index contributed by atoms with van der Waals surface area (Å²) < 4.78 is 30.7. The lowest BCUT2D eigenvalue weighted by molar-refractivity contribution is -0.143. The summed E-state index contributed by atoms with van der Waals surface area (Å²) in [7, 11) is 0. The average molecular weight is 339 g/mol. The number of hydrogen-bond donors (Lipinski definition) is 0. The Labute approximate surface area is 138 Å². The van der Waals surface area contributed by atoms with Crippen molar-refractivity contribution in [2.24, 2.45) is 0 Å². The molecule has 0 aromatic rings. The number of thioether (sulfide) groups is 1. The quantitative estimate of drug-likeness (QED) is 0.294. The van der Waals surface area contributed by atoms with Crippen LogP contribution in [-0.2, 0) is 9.53 Å². The molecule has 0 aromatic carbocycles. The van der Waals surface area contributed by atoms with Crippen molar-refractivity contribution >= 4 is 17.7 Å². The molecule has 0 aliphatic rings. The number of rotatable bonds is 14. The SMILES string of the molecule is CCCCOC(=O)C(CCCC)SCCCCCC(C)(F)F. The molecule has 1 unspecified atom stereocenters. The van der Waals surface area contributed by atoms with Crippen LogP contribution in [0.15, 0.2) is 0 Å². The Kier molecular flexibility index (Phi) is 13.0. The van der Waals surface area contributed by atoms with Gasteiger partial charge in [-0.2, -0.15) is 0 Å². The van der Waals surface area contributed by atoms with E-state index in [9.17, 15) is 13.6 Å². The van der Waals surface area contributed by atoms with Gasteiger partial charge in [0, 0.05) is 6.42 Å². The first-order valence-electron chi connectivity index (χ1n) is 8.56. The van der Waals surface area contributed by atoms with Gasteiger partial charge in [-0.1, -0.05) is 39.5 Å². The third kappa shape index (κ3) is 13.4. The van der Waals surface area contributed by atoms with Crippen molar-refractivity contribution in [3.05, 3.63) is 0 Å². The maximum absolute atomic E-state index is 12.7. The van der Waals surface area contributed by atoms with Crippen LogP contribution in [0.25, 0.3) is 0 Å². The molecule has 0 amide bonds. The molecule has 22 heavy (non-hydrogen) atoms. The molecule has 132 valence electrons. The molecule has 0 bridgehead atoms. The van der Waals surface area contributed by atoms with Crippen molar-refractivity contribution in [2.75, 3.05) is 12.4 Å². The van der Waals surface area contributed by atoms with Crippen LogP contribution in [0.1, 0.15) is 78.6 Å². The fourth-order valence-electron chi connectivity index (χ4n) is 2.01. The van der Waals surface area contributed by atoms with Gasteiger partial charge in [-0.3, -0.25) is 4.79 Å². The summed E-state index contributed by atoms with van der Waals surface area (Å²) >= 11 is 1.62. The maximum atomic E-state index is 12.7. The Morgan fingerprint density at radius 3 is 2.36 bits per heavy atom. The number of esters is 1. The van der Waals surface area contributed by atoms with Crippen LogP contribution in [-0.4, -0.2) is 29.5 Å². The summed E-state index contributed by atoms with van der Waals surface area (Å²) in [5, 5.41) is -0.0931. The predicted octanol–water partition coefficient (Wildman–Crippen LogP) is 5.84. The van der Waals surface area contributed by atoms with Crippen molar-refractivity contribution in [1.82, 2.24) is 0 Å². The van der Waals surface area contributed by atoms with Gasteiger partial charge in [0.1, 0.15) is 5.25 Å². The van der Waals surface area contributed by atoms with E-state index in [0.717, 1.165) is 57.6 Å². The maximum Gasteiger partial charge on any atom is 0.319 e. The second-order valence-corrected chi connectivity index (χ2v) is 7.21. The first-order chi connectivity index (χ1) is 10.4. The summed E-state index contributed by atoms with van der Waals surface area (Å²) in [4.78, 5) is 12.0. The number of carbonyl (C=O) groups excluding carboxylic acids is 1. The minimum absolute atomic E-state index is 0.0456. The van der Waals surface area contributed by atoms with Crippen molar-refractivity contribution in [3.8, 4) is 0 Å². The lowest BCUT2D eigenvalue weighted by Gasteiger charge is -2.15. The highest BCUT2D eigenvalue weighted by atomic mass is 32.2.